The van der Waals surface area contributed by atoms with Gasteiger partial charge in [-0.15, -0.1) is 10.2 Å². The van der Waals surface area contributed by atoms with Gasteiger partial charge in [0, 0.05) is 32.7 Å². The summed E-state index contributed by atoms with van der Waals surface area (Å²) < 4.78 is 4.64. The SMILES string of the molecule is COC(=O)CCN1CCN(c2nnc(C)s2)CC1. The minimum Gasteiger partial charge on any atom is -0.469 e. The fourth-order valence-corrected chi connectivity index (χ4v) is 2.67. The maximum atomic E-state index is 11.1. The van der Waals surface area contributed by atoms with Crippen LogP contribution in [0.15, 0.2) is 0 Å². The monoisotopic (exact) mass is 270 g/mol. The number of hydrogen-bond donors (Lipinski definition) is 0. The zero-order valence-electron chi connectivity index (χ0n) is 10.8. The van der Waals surface area contributed by atoms with E-state index in [2.05, 4.69) is 24.7 Å². The Morgan fingerprint density at radius 3 is 2.61 bits per heavy atom. The van der Waals surface area contributed by atoms with Gasteiger partial charge in [0.05, 0.1) is 13.5 Å². The number of aromatic nitrogens is 2. The molecule has 0 saturated carbocycles. The highest BCUT2D eigenvalue weighted by Gasteiger charge is 2.19. The van der Waals surface area contributed by atoms with Crippen molar-refractivity contribution in [1.82, 2.24) is 15.1 Å². The first-order valence-electron chi connectivity index (χ1n) is 6.03. The van der Waals surface area contributed by atoms with Crippen molar-refractivity contribution in [2.45, 2.75) is 13.3 Å². The molecule has 100 valence electrons. The molecule has 0 N–H and O–H groups in total. The molecular weight excluding hydrogens is 252 g/mol. The standard InChI is InChI=1S/C11H18N4O2S/c1-9-12-13-11(18-9)15-7-5-14(6-8-15)4-3-10(16)17-2/h3-8H2,1-2H3. The Morgan fingerprint density at radius 2 is 2.06 bits per heavy atom. The summed E-state index contributed by atoms with van der Waals surface area (Å²) in [6.45, 7) is 6.53. The van der Waals surface area contributed by atoms with Crippen LogP contribution >= 0.6 is 11.3 Å². The van der Waals surface area contributed by atoms with Crippen molar-refractivity contribution in [3.63, 3.8) is 0 Å². The molecule has 7 heteroatoms. The van der Waals surface area contributed by atoms with Crippen molar-refractivity contribution < 1.29 is 9.53 Å². The average Bonchev–Trinajstić information content (AvgIpc) is 2.83. The van der Waals surface area contributed by atoms with Crippen molar-refractivity contribution in [3.05, 3.63) is 5.01 Å². The molecule has 0 radical (unpaired) electrons. The molecule has 0 unspecified atom stereocenters. The lowest BCUT2D eigenvalue weighted by Crippen LogP contribution is -2.47. The van der Waals surface area contributed by atoms with Crippen LogP contribution in [0.5, 0.6) is 0 Å². The molecule has 0 aromatic carbocycles. The van der Waals surface area contributed by atoms with E-state index in [1.165, 1.54) is 7.11 Å². The molecule has 0 bridgehead atoms. The fraction of sp³-hybridized carbons (Fsp3) is 0.727. The Kier molecular flexibility index (Phi) is 4.48. The van der Waals surface area contributed by atoms with E-state index < -0.39 is 0 Å². The first-order valence-corrected chi connectivity index (χ1v) is 6.85. The van der Waals surface area contributed by atoms with E-state index in [1.54, 1.807) is 11.3 Å². The molecule has 0 atom stereocenters. The Hall–Kier alpha value is -1.21. The molecule has 1 aliphatic rings. The number of hydrogen-bond acceptors (Lipinski definition) is 7. The maximum Gasteiger partial charge on any atom is 0.306 e. The Labute approximate surface area is 111 Å². The molecule has 0 spiro atoms. The minimum absolute atomic E-state index is 0.142. The fourth-order valence-electron chi connectivity index (χ4n) is 1.93. The number of rotatable bonds is 4. The third-order valence-corrected chi connectivity index (χ3v) is 3.92. The summed E-state index contributed by atoms with van der Waals surface area (Å²) in [5.74, 6) is -0.142. The van der Waals surface area contributed by atoms with Gasteiger partial charge in [0.2, 0.25) is 5.13 Å². The molecule has 1 aromatic heterocycles. The van der Waals surface area contributed by atoms with Crippen LogP contribution in [-0.4, -0.2) is 60.9 Å². The van der Waals surface area contributed by atoms with E-state index in [4.69, 9.17) is 0 Å². The van der Waals surface area contributed by atoms with E-state index in [0.29, 0.717) is 6.42 Å². The van der Waals surface area contributed by atoms with Crippen molar-refractivity contribution in [1.29, 1.82) is 0 Å². The molecule has 2 rings (SSSR count). The van der Waals surface area contributed by atoms with Gasteiger partial charge >= 0.3 is 5.97 Å². The summed E-state index contributed by atoms with van der Waals surface area (Å²) in [5, 5.41) is 10.2. The summed E-state index contributed by atoms with van der Waals surface area (Å²) in [6, 6.07) is 0. The van der Waals surface area contributed by atoms with Gasteiger partial charge in [0.25, 0.3) is 0 Å². The highest BCUT2D eigenvalue weighted by atomic mass is 32.1. The minimum atomic E-state index is -0.142. The van der Waals surface area contributed by atoms with Gasteiger partial charge < -0.3 is 9.64 Å². The van der Waals surface area contributed by atoms with E-state index in [0.717, 1.165) is 42.9 Å². The van der Waals surface area contributed by atoms with Gasteiger partial charge in [0.15, 0.2) is 0 Å². The van der Waals surface area contributed by atoms with E-state index in [1.807, 2.05) is 6.92 Å². The molecule has 0 aliphatic carbocycles. The number of ether oxygens (including phenoxy) is 1. The van der Waals surface area contributed by atoms with Crippen LogP contribution in [0.1, 0.15) is 11.4 Å². The zero-order chi connectivity index (χ0) is 13.0. The predicted octanol–water partition coefficient (Wildman–Crippen LogP) is 0.532. The van der Waals surface area contributed by atoms with E-state index >= 15 is 0 Å². The number of aryl methyl sites for hydroxylation is 1. The summed E-state index contributed by atoms with van der Waals surface area (Å²) >= 11 is 1.63. The number of methoxy groups -OCH3 is 1. The molecule has 2 heterocycles. The van der Waals surface area contributed by atoms with Crippen LogP contribution < -0.4 is 4.90 Å². The van der Waals surface area contributed by atoms with Crippen molar-refractivity contribution in [2.24, 2.45) is 0 Å². The molecule has 1 aromatic rings. The summed E-state index contributed by atoms with van der Waals surface area (Å²) in [7, 11) is 1.43. The molecule has 6 nitrogen and oxygen atoms in total. The summed E-state index contributed by atoms with van der Waals surface area (Å²) in [5.41, 5.74) is 0. The van der Waals surface area contributed by atoms with Crippen LogP contribution in [0.25, 0.3) is 0 Å². The van der Waals surface area contributed by atoms with Crippen molar-refractivity contribution >= 4 is 22.4 Å². The quantitative estimate of drug-likeness (QED) is 0.744. The second-order valence-electron chi connectivity index (χ2n) is 4.26. The molecule has 1 fully saturated rings. The molecule has 0 amide bonds. The smallest absolute Gasteiger partial charge is 0.306 e. The lowest BCUT2D eigenvalue weighted by atomic mass is 10.3. The van der Waals surface area contributed by atoms with Gasteiger partial charge in [-0.1, -0.05) is 11.3 Å². The Balaban J connectivity index is 1.76. The first kappa shape index (κ1) is 13.2. The normalized spacial score (nSPS) is 16.9. The Morgan fingerprint density at radius 1 is 1.33 bits per heavy atom. The van der Waals surface area contributed by atoms with Gasteiger partial charge in [0.1, 0.15) is 5.01 Å². The van der Waals surface area contributed by atoms with Crippen LogP contribution in [-0.2, 0) is 9.53 Å². The molecule has 18 heavy (non-hydrogen) atoms. The van der Waals surface area contributed by atoms with Crippen LogP contribution in [0.2, 0.25) is 0 Å². The second-order valence-corrected chi connectivity index (χ2v) is 5.42. The largest absolute Gasteiger partial charge is 0.469 e. The topological polar surface area (TPSA) is 58.6 Å². The van der Waals surface area contributed by atoms with Crippen LogP contribution in [0, 0.1) is 6.92 Å². The molecular formula is C11H18N4O2S. The maximum absolute atomic E-state index is 11.1. The zero-order valence-corrected chi connectivity index (χ0v) is 11.6. The number of carbonyl (C=O) groups is 1. The van der Waals surface area contributed by atoms with Gasteiger partial charge in [-0.2, -0.15) is 0 Å². The van der Waals surface area contributed by atoms with Crippen molar-refractivity contribution in [3.8, 4) is 0 Å². The van der Waals surface area contributed by atoms with Gasteiger partial charge in [-0.3, -0.25) is 9.69 Å². The number of carbonyl (C=O) groups excluding carboxylic acids is 1. The number of nitrogens with zero attached hydrogens (tertiary/aromatic N) is 4. The first-order chi connectivity index (χ1) is 8.69. The van der Waals surface area contributed by atoms with Gasteiger partial charge in [-0.25, -0.2) is 0 Å². The van der Waals surface area contributed by atoms with E-state index in [9.17, 15) is 4.79 Å². The van der Waals surface area contributed by atoms with Crippen molar-refractivity contribution in [2.75, 3.05) is 44.7 Å². The summed E-state index contributed by atoms with van der Waals surface area (Å²) in [4.78, 5) is 15.6. The lowest BCUT2D eigenvalue weighted by Gasteiger charge is -2.34. The highest BCUT2D eigenvalue weighted by molar-refractivity contribution is 7.15. The second kappa shape index (κ2) is 6.10. The lowest BCUT2D eigenvalue weighted by molar-refractivity contribution is -0.141. The average molecular weight is 270 g/mol. The van der Waals surface area contributed by atoms with Crippen LogP contribution in [0.3, 0.4) is 0 Å². The number of anilines is 1. The third kappa shape index (κ3) is 3.39. The van der Waals surface area contributed by atoms with Crippen LogP contribution in [0.4, 0.5) is 5.13 Å². The summed E-state index contributed by atoms with van der Waals surface area (Å²) in [6.07, 6.45) is 0.467. The third-order valence-electron chi connectivity index (χ3n) is 3.02. The number of esters is 1. The number of piperazine rings is 1. The van der Waals surface area contributed by atoms with E-state index in [-0.39, 0.29) is 5.97 Å². The predicted molar refractivity (Wildman–Crippen MR) is 69.9 cm³/mol. The Bertz CT molecular complexity index is 402. The van der Waals surface area contributed by atoms with Gasteiger partial charge in [-0.05, 0) is 6.92 Å². The molecule has 1 aliphatic heterocycles. The highest BCUT2D eigenvalue weighted by Crippen LogP contribution is 2.20. The molecule has 1 saturated heterocycles.